The van der Waals surface area contributed by atoms with Crippen molar-refractivity contribution >= 4 is 37.8 Å². The van der Waals surface area contributed by atoms with E-state index in [1.54, 1.807) is 24.3 Å². The van der Waals surface area contributed by atoms with Crippen molar-refractivity contribution in [1.82, 2.24) is 9.21 Å². The summed E-state index contributed by atoms with van der Waals surface area (Å²) in [5.41, 5.74) is 0. The summed E-state index contributed by atoms with van der Waals surface area (Å²) in [6.45, 7) is 0.339. The number of allylic oxidation sites excluding steroid dienone is 2. The van der Waals surface area contributed by atoms with Crippen molar-refractivity contribution < 1.29 is 18.0 Å². The Bertz CT molecular complexity index is 833. The average molecular weight is 425 g/mol. The first-order chi connectivity index (χ1) is 11.9. The number of fused-ring (bicyclic) bond motifs is 1. The van der Waals surface area contributed by atoms with Gasteiger partial charge in [-0.1, -0.05) is 28.1 Å². The van der Waals surface area contributed by atoms with Crippen molar-refractivity contribution in [2.45, 2.75) is 23.8 Å². The lowest BCUT2D eigenvalue weighted by atomic mass is 9.85. The molecule has 1 aliphatic carbocycles. The number of carbonyl (C=O) groups excluding carboxylic acids is 2. The Balaban J connectivity index is 1.48. The van der Waals surface area contributed by atoms with Crippen LogP contribution >= 0.6 is 15.9 Å². The van der Waals surface area contributed by atoms with Gasteiger partial charge in [0, 0.05) is 17.6 Å². The van der Waals surface area contributed by atoms with Gasteiger partial charge in [-0.05, 0) is 37.1 Å². The number of amides is 2. The summed E-state index contributed by atoms with van der Waals surface area (Å²) in [4.78, 5) is 26.6. The van der Waals surface area contributed by atoms with E-state index in [-0.39, 0.29) is 47.7 Å². The molecule has 0 bridgehead atoms. The molecule has 2 heterocycles. The summed E-state index contributed by atoms with van der Waals surface area (Å²) in [6, 6.07) is 6.08. The van der Waals surface area contributed by atoms with E-state index in [0.717, 1.165) is 4.47 Å². The fourth-order valence-corrected chi connectivity index (χ4v) is 5.50. The summed E-state index contributed by atoms with van der Waals surface area (Å²) in [7, 11) is -3.59. The van der Waals surface area contributed by atoms with E-state index in [0.29, 0.717) is 12.8 Å². The molecule has 0 spiro atoms. The van der Waals surface area contributed by atoms with Crippen LogP contribution in [0, 0.1) is 11.8 Å². The molecular weight excluding hydrogens is 408 g/mol. The Hall–Kier alpha value is -1.51. The highest BCUT2D eigenvalue weighted by atomic mass is 79.9. The minimum atomic E-state index is -3.59. The molecule has 132 valence electrons. The molecule has 25 heavy (non-hydrogen) atoms. The summed E-state index contributed by atoms with van der Waals surface area (Å²) in [5, 5.41) is 0. The standard InChI is InChI=1S/C17H17BrN2O4S/c18-11-5-7-13(8-6-11)25(23,24)19-9-12(10-19)20-16(21)14-3-1-2-4-15(14)17(20)22/h1-2,5-8,12,14-15H,3-4,9-10H2/t14-,15+. The average Bonchev–Trinajstić information content (AvgIpc) is 2.79. The van der Waals surface area contributed by atoms with Crippen LogP contribution in [0.2, 0.25) is 0 Å². The zero-order valence-corrected chi connectivity index (χ0v) is 15.7. The Morgan fingerprint density at radius 3 is 1.96 bits per heavy atom. The van der Waals surface area contributed by atoms with Gasteiger partial charge in [-0.2, -0.15) is 4.31 Å². The quantitative estimate of drug-likeness (QED) is 0.547. The molecule has 4 rings (SSSR count). The second kappa shape index (κ2) is 6.03. The van der Waals surface area contributed by atoms with E-state index in [4.69, 9.17) is 0 Å². The number of benzene rings is 1. The Labute approximate surface area is 154 Å². The van der Waals surface area contributed by atoms with Crippen LogP contribution in [0.4, 0.5) is 0 Å². The van der Waals surface area contributed by atoms with E-state index >= 15 is 0 Å². The number of halogens is 1. The smallest absolute Gasteiger partial charge is 0.243 e. The first-order valence-corrected chi connectivity index (χ1v) is 10.4. The van der Waals surface area contributed by atoms with Crippen LogP contribution in [-0.4, -0.2) is 48.6 Å². The van der Waals surface area contributed by atoms with Gasteiger partial charge < -0.3 is 0 Å². The maximum atomic E-state index is 12.6. The van der Waals surface area contributed by atoms with Crippen LogP contribution in [0.25, 0.3) is 0 Å². The predicted octanol–water partition coefficient (Wildman–Crippen LogP) is 1.77. The van der Waals surface area contributed by atoms with Crippen molar-refractivity contribution in [1.29, 1.82) is 0 Å². The largest absolute Gasteiger partial charge is 0.276 e. The summed E-state index contributed by atoms with van der Waals surface area (Å²) in [5.74, 6) is -0.834. The van der Waals surface area contributed by atoms with Crippen LogP contribution in [0.3, 0.4) is 0 Å². The second-order valence-corrected chi connectivity index (χ2v) is 9.49. The fourth-order valence-electron chi connectivity index (χ4n) is 3.72. The number of hydrogen-bond donors (Lipinski definition) is 0. The van der Waals surface area contributed by atoms with Gasteiger partial charge in [0.2, 0.25) is 21.8 Å². The molecule has 0 unspecified atom stereocenters. The summed E-state index contributed by atoms with van der Waals surface area (Å²) >= 11 is 3.28. The Morgan fingerprint density at radius 2 is 1.44 bits per heavy atom. The zero-order chi connectivity index (χ0) is 17.8. The first kappa shape index (κ1) is 16.9. The molecule has 2 amide bonds. The summed E-state index contributed by atoms with van der Waals surface area (Å²) in [6.07, 6.45) is 5.08. The Morgan fingerprint density at radius 1 is 0.920 bits per heavy atom. The number of sulfonamides is 1. The van der Waals surface area contributed by atoms with Gasteiger partial charge in [0.1, 0.15) is 0 Å². The highest BCUT2D eigenvalue weighted by Gasteiger charge is 2.53. The summed E-state index contributed by atoms with van der Waals surface area (Å²) < 4.78 is 27.3. The third kappa shape index (κ3) is 2.67. The number of rotatable bonds is 3. The number of likely N-dealkylation sites (tertiary alicyclic amines) is 1. The molecule has 1 aromatic carbocycles. The van der Waals surface area contributed by atoms with E-state index in [1.165, 1.54) is 9.21 Å². The van der Waals surface area contributed by atoms with E-state index in [1.807, 2.05) is 12.2 Å². The molecule has 1 aromatic rings. The Kier molecular flexibility index (Phi) is 4.09. The third-order valence-corrected chi connectivity index (χ3v) is 7.56. The monoisotopic (exact) mass is 424 g/mol. The fraction of sp³-hybridized carbons (Fsp3) is 0.412. The predicted molar refractivity (Wildman–Crippen MR) is 93.9 cm³/mol. The molecule has 2 saturated heterocycles. The van der Waals surface area contributed by atoms with Gasteiger partial charge in [-0.15, -0.1) is 0 Å². The van der Waals surface area contributed by atoms with Gasteiger partial charge in [0.15, 0.2) is 0 Å². The molecule has 0 radical (unpaired) electrons. The lowest BCUT2D eigenvalue weighted by Gasteiger charge is -2.42. The lowest BCUT2D eigenvalue weighted by Crippen LogP contribution is -2.62. The topological polar surface area (TPSA) is 74.8 Å². The molecule has 2 atom stereocenters. The maximum Gasteiger partial charge on any atom is 0.243 e. The SMILES string of the molecule is O=C1[C@H]2CC=CC[C@H]2C(=O)N1C1CN(S(=O)(=O)c2ccc(Br)cc2)C1. The highest BCUT2D eigenvalue weighted by molar-refractivity contribution is 9.10. The van der Waals surface area contributed by atoms with Gasteiger partial charge in [-0.3, -0.25) is 14.5 Å². The van der Waals surface area contributed by atoms with E-state index < -0.39 is 10.0 Å². The van der Waals surface area contributed by atoms with E-state index in [9.17, 15) is 18.0 Å². The van der Waals surface area contributed by atoms with Crippen molar-refractivity contribution in [2.75, 3.05) is 13.1 Å². The normalized spacial score (nSPS) is 27.5. The van der Waals surface area contributed by atoms with Crippen molar-refractivity contribution in [3.63, 3.8) is 0 Å². The number of nitrogens with zero attached hydrogens (tertiary/aromatic N) is 2. The molecule has 2 aliphatic heterocycles. The van der Waals surface area contributed by atoms with Gasteiger partial charge in [0.05, 0.1) is 22.8 Å². The third-order valence-electron chi connectivity index (χ3n) is 5.19. The minimum Gasteiger partial charge on any atom is -0.276 e. The molecule has 8 heteroatoms. The van der Waals surface area contributed by atoms with Gasteiger partial charge >= 0.3 is 0 Å². The van der Waals surface area contributed by atoms with E-state index in [2.05, 4.69) is 15.9 Å². The molecule has 6 nitrogen and oxygen atoms in total. The lowest BCUT2D eigenvalue weighted by molar-refractivity contribution is -0.145. The molecular formula is C17H17BrN2O4S. The van der Waals surface area contributed by atoms with Crippen LogP contribution < -0.4 is 0 Å². The maximum absolute atomic E-state index is 12.6. The zero-order valence-electron chi connectivity index (χ0n) is 13.3. The van der Waals surface area contributed by atoms with Crippen LogP contribution in [0.5, 0.6) is 0 Å². The first-order valence-electron chi connectivity index (χ1n) is 8.17. The van der Waals surface area contributed by atoms with Crippen molar-refractivity contribution in [3.05, 3.63) is 40.9 Å². The number of hydrogen-bond acceptors (Lipinski definition) is 4. The van der Waals surface area contributed by atoms with Crippen LogP contribution in [0.1, 0.15) is 12.8 Å². The minimum absolute atomic E-state index is 0.148. The molecule has 0 aromatic heterocycles. The van der Waals surface area contributed by atoms with Crippen molar-refractivity contribution in [3.8, 4) is 0 Å². The van der Waals surface area contributed by atoms with Crippen molar-refractivity contribution in [2.24, 2.45) is 11.8 Å². The molecule has 3 aliphatic rings. The van der Waals surface area contributed by atoms with Gasteiger partial charge in [0.25, 0.3) is 0 Å². The molecule has 0 N–H and O–H groups in total. The molecule has 0 saturated carbocycles. The highest BCUT2D eigenvalue weighted by Crippen LogP contribution is 2.38. The van der Waals surface area contributed by atoms with Crippen LogP contribution in [-0.2, 0) is 19.6 Å². The second-order valence-electron chi connectivity index (χ2n) is 6.63. The molecule has 2 fully saturated rings. The van der Waals surface area contributed by atoms with Gasteiger partial charge in [-0.25, -0.2) is 8.42 Å². The van der Waals surface area contributed by atoms with Crippen LogP contribution in [0.15, 0.2) is 45.8 Å². The number of imide groups is 1. The number of carbonyl (C=O) groups is 2.